The topological polar surface area (TPSA) is 179 Å². The number of unbranched alkanes of at least 4 members (excludes halogenated alkanes) is 5. The van der Waals surface area contributed by atoms with Gasteiger partial charge in [0.1, 0.15) is 48.8 Å². The molecule has 0 bridgehead atoms. The number of ether oxygens (including phenoxy) is 4. The lowest BCUT2D eigenvalue weighted by molar-refractivity contribution is -0.367. The third-order valence-electron chi connectivity index (χ3n) is 5.74. The van der Waals surface area contributed by atoms with E-state index in [1.807, 2.05) is 0 Å². The highest BCUT2D eigenvalue weighted by atomic mass is 16.8. The molecule has 2 fully saturated rings. The van der Waals surface area contributed by atoms with E-state index in [-0.39, 0.29) is 6.61 Å². The van der Waals surface area contributed by atoms with E-state index < -0.39 is 74.6 Å². The molecule has 2 saturated heterocycles. The van der Waals surface area contributed by atoms with Crippen molar-refractivity contribution in [3.05, 3.63) is 0 Å². The van der Waals surface area contributed by atoms with Crippen molar-refractivity contribution in [1.82, 2.24) is 0 Å². The zero-order chi connectivity index (χ0) is 23.0. The van der Waals surface area contributed by atoms with Gasteiger partial charge in [-0.2, -0.15) is 0 Å². The maximum absolute atomic E-state index is 10.5. The minimum Gasteiger partial charge on any atom is -0.394 e. The molecule has 2 aliphatic rings. The fourth-order valence-corrected chi connectivity index (χ4v) is 3.75. The van der Waals surface area contributed by atoms with Crippen molar-refractivity contribution < 1.29 is 54.7 Å². The molecular weight excluding hydrogens is 416 g/mol. The molecule has 7 N–H and O–H groups in total. The Morgan fingerprint density at radius 2 is 1.19 bits per heavy atom. The van der Waals surface area contributed by atoms with Crippen LogP contribution in [0.1, 0.15) is 45.4 Å². The summed E-state index contributed by atoms with van der Waals surface area (Å²) in [6.07, 6.45) is -8.07. The highest BCUT2D eigenvalue weighted by Crippen LogP contribution is 2.29. The Bertz CT molecular complexity index is 494. The summed E-state index contributed by atoms with van der Waals surface area (Å²) in [7, 11) is 0. The maximum Gasteiger partial charge on any atom is 0.187 e. The van der Waals surface area contributed by atoms with Crippen molar-refractivity contribution in [2.24, 2.45) is 0 Å². The quantitative estimate of drug-likeness (QED) is 0.162. The number of rotatable bonds is 12. The third kappa shape index (κ3) is 7.02. The summed E-state index contributed by atoms with van der Waals surface area (Å²) in [5.74, 6) is 0. The lowest BCUT2D eigenvalue weighted by atomic mass is 9.97. The monoisotopic (exact) mass is 454 g/mol. The molecule has 11 nitrogen and oxygen atoms in total. The Hall–Kier alpha value is -0.440. The van der Waals surface area contributed by atoms with E-state index in [0.29, 0.717) is 0 Å². The molecule has 0 aromatic carbocycles. The van der Waals surface area contributed by atoms with Crippen molar-refractivity contribution in [2.45, 2.75) is 107 Å². The molecule has 0 spiro atoms. The normalized spacial score (nSPS) is 41.4. The van der Waals surface area contributed by atoms with Crippen LogP contribution < -0.4 is 0 Å². The average molecular weight is 455 g/mol. The van der Waals surface area contributed by atoms with Gasteiger partial charge in [-0.15, -0.1) is 0 Å². The van der Waals surface area contributed by atoms with Gasteiger partial charge >= 0.3 is 0 Å². The molecule has 11 heteroatoms. The van der Waals surface area contributed by atoms with Crippen LogP contribution in [0.25, 0.3) is 0 Å². The average Bonchev–Trinajstić information content (AvgIpc) is 2.77. The van der Waals surface area contributed by atoms with Gasteiger partial charge in [0, 0.05) is 6.61 Å². The van der Waals surface area contributed by atoms with Crippen LogP contribution in [-0.2, 0) is 18.9 Å². The minimum absolute atomic E-state index is 0.284. The van der Waals surface area contributed by atoms with Crippen LogP contribution in [0, 0.1) is 0 Å². The van der Waals surface area contributed by atoms with Gasteiger partial charge < -0.3 is 54.7 Å². The van der Waals surface area contributed by atoms with Crippen molar-refractivity contribution >= 4 is 0 Å². The first-order valence-corrected chi connectivity index (χ1v) is 11.1. The van der Waals surface area contributed by atoms with Crippen molar-refractivity contribution in [1.29, 1.82) is 0 Å². The Kier molecular flexibility index (Phi) is 11.5. The van der Waals surface area contributed by atoms with E-state index in [4.69, 9.17) is 18.9 Å². The molecule has 10 atom stereocenters. The number of aliphatic hydroxyl groups excluding tert-OH is 7. The smallest absolute Gasteiger partial charge is 0.187 e. The maximum atomic E-state index is 10.5. The fourth-order valence-electron chi connectivity index (χ4n) is 3.75. The van der Waals surface area contributed by atoms with E-state index >= 15 is 0 Å². The molecule has 2 aliphatic heterocycles. The lowest BCUT2D eigenvalue weighted by Gasteiger charge is -2.45. The lowest BCUT2D eigenvalue weighted by Crippen LogP contribution is -2.64. The Labute approximate surface area is 182 Å². The largest absolute Gasteiger partial charge is 0.394 e. The SMILES string of the molecule is CCCCCCCCO[C@@H]1O[C@H](CO)[C@@H](O)[C@H](O)[C@@H]1O[C@H]1O[C@H](CO)[C@@H](O)[C@H](O)[C@@H]1O. The molecular formula is C20H38O11. The first-order chi connectivity index (χ1) is 14.8. The molecule has 184 valence electrons. The molecule has 0 aromatic heterocycles. The summed E-state index contributed by atoms with van der Waals surface area (Å²) in [4.78, 5) is 0. The molecule has 0 amide bonds. The van der Waals surface area contributed by atoms with Gasteiger partial charge in [-0.3, -0.25) is 0 Å². The van der Waals surface area contributed by atoms with E-state index in [1.165, 1.54) is 6.42 Å². The van der Waals surface area contributed by atoms with E-state index in [0.717, 1.165) is 32.1 Å². The number of hydrogen-bond donors (Lipinski definition) is 7. The first-order valence-electron chi connectivity index (χ1n) is 11.1. The van der Waals surface area contributed by atoms with Crippen molar-refractivity contribution in [2.75, 3.05) is 19.8 Å². The fraction of sp³-hybridized carbons (Fsp3) is 1.00. The van der Waals surface area contributed by atoms with Crippen LogP contribution in [0.4, 0.5) is 0 Å². The second-order valence-electron chi connectivity index (χ2n) is 8.14. The molecule has 0 unspecified atom stereocenters. The van der Waals surface area contributed by atoms with Crippen molar-refractivity contribution in [3.8, 4) is 0 Å². The highest BCUT2D eigenvalue weighted by Gasteiger charge is 2.50. The predicted molar refractivity (Wildman–Crippen MR) is 106 cm³/mol. The van der Waals surface area contributed by atoms with Gasteiger partial charge in [0.25, 0.3) is 0 Å². The Morgan fingerprint density at radius 3 is 1.81 bits per heavy atom. The summed E-state index contributed by atoms with van der Waals surface area (Å²) in [6, 6.07) is 0. The van der Waals surface area contributed by atoms with E-state index in [1.54, 1.807) is 0 Å². The van der Waals surface area contributed by atoms with Crippen LogP contribution in [0.2, 0.25) is 0 Å². The second-order valence-corrected chi connectivity index (χ2v) is 8.14. The summed E-state index contributed by atoms with van der Waals surface area (Å²) in [5.41, 5.74) is 0. The van der Waals surface area contributed by atoms with Gasteiger partial charge in [0.05, 0.1) is 13.2 Å². The van der Waals surface area contributed by atoms with E-state index in [9.17, 15) is 35.7 Å². The van der Waals surface area contributed by atoms with Crippen LogP contribution in [0.15, 0.2) is 0 Å². The zero-order valence-corrected chi connectivity index (χ0v) is 17.9. The molecule has 0 aliphatic carbocycles. The van der Waals surface area contributed by atoms with Gasteiger partial charge in [-0.05, 0) is 6.42 Å². The summed E-state index contributed by atoms with van der Waals surface area (Å²) < 4.78 is 22.2. The molecule has 0 aromatic rings. The first kappa shape index (κ1) is 26.8. The van der Waals surface area contributed by atoms with Gasteiger partial charge in [0.2, 0.25) is 0 Å². The Morgan fingerprint density at radius 1 is 0.645 bits per heavy atom. The molecule has 0 saturated carbocycles. The van der Waals surface area contributed by atoms with Crippen LogP contribution >= 0.6 is 0 Å². The highest BCUT2D eigenvalue weighted by molar-refractivity contribution is 4.93. The standard InChI is InChI=1S/C20H38O11/c1-2-3-4-5-6-7-8-28-20-18(16(26)14(24)12(10-22)30-20)31-19-17(27)15(25)13(23)11(9-21)29-19/h11-27H,2-10H2,1H3/t11-,12-,13-,14-,15+,16+,17+,18+,19-,20-/m1/s1. The number of hydrogen-bond acceptors (Lipinski definition) is 11. The second kappa shape index (κ2) is 13.3. The summed E-state index contributed by atoms with van der Waals surface area (Å²) in [5, 5.41) is 69.5. The minimum atomic E-state index is -1.68. The zero-order valence-electron chi connectivity index (χ0n) is 17.9. The van der Waals surface area contributed by atoms with Gasteiger partial charge in [-0.25, -0.2) is 0 Å². The molecule has 2 heterocycles. The third-order valence-corrected chi connectivity index (χ3v) is 5.74. The van der Waals surface area contributed by atoms with Crippen LogP contribution in [0.3, 0.4) is 0 Å². The molecule has 31 heavy (non-hydrogen) atoms. The van der Waals surface area contributed by atoms with Gasteiger partial charge in [-0.1, -0.05) is 39.0 Å². The molecule has 0 radical (unpaired) electrons. The summed E-state index contributed by atoms with van der Waals surface area (Å²) >= 11 is 0. The predicted octanol–water partition coefficient (Wildman–Crippen LogP) is -2.01. The van der Waals surface area contributed by atoms with Crippen LogP contribution in [0.5, 0.6) is 0 Å². The van der Waals surface area contributed by atoms with E-state index in [2.05, 4.69) is 6.92 Å². The van der Waals surface area contributed by atoms with Crippen LogP contribution in [-0.4, -0.2) is 117 Å². The Balaban J connectivity index is 2.00. The number of aliphatic hydroxyl groups is 7. The van der Waals surface area contributed by atoms with Gasteiger partial charge in [0.15, 0.2) is 12.6 Å². The van der Waals surface area contributed by atoms with Crippen molar-refractivity contribution in [3.63, 3.8) is 0 Å². The molecule has 2 rings (SSSR count). The summed E-state index contributed by atoms with van der Waals surface area (Å²) in [6.45, 7) is 1.23.